The number of nitrogens with one attached hydrogen (secondary N) is 3. The lowest BCUT2D eigenvalue weighted by atomic mass is 10.1. The number of rotatable bonds is 6. The van der Waals surface area contributed by atoms with E-state index in [1.54, 1.807) is 18.2 Å². The fourth-order valence-electron chi connectivity index (χ4n) is 2.91. The summed E-state index contributed by atoms with van der Waals surface area (Å²) in [5.74, 6) is -0.494. The second kappa shape index (κ2) is 7.00. The normalized spacial score (nSPS) is 13.5. The maximum Gasteiger partial charge on any atom is 0.270 e. The minimum absolute atomic E-state index is 0.221. The van der Waals surface area contributed by atoms with Gasteiger partial charge < -0.3 is 15.6 Å². The first-order valence-electron chi connectivity index (χ1n) is 8.82. The number of nitrogens with zero attached hydrogens (tertiary/aromatic N) is 1. The van der Waals surface area contributed by atoms with Gasteiger partial charge in [-0.15, -0.1) is 0 Å². The second-order valence-electron chi connectivity index (χ2n) is 6.52. The van der Waals surface area contributed by atoms with Crippen LogP contribution >= 0.6 is 0 Å². The maximum absolute atomic E-state index is 12.3. The van der Waals surface area contributed by atoms with Gasteiger partial charge in [-0.25, -0.2) is 4.98 Å². The molecule has 26 heavy (non-hydrogen) atoms. The number of hydrogen-bond donors (Lipinski definition) is 3. The van der Waals surface area contributed by atoms with E-state index in [2.05, 4.69) is 26.7 Å². The van der Waals surface area contributed by atoms with Gasteiger partial charge in [0.2, 0.25) is 0 Å². The fourth-order valence-corrected chi connectivity index (χ4v) is 2.91. The molecule has 1 aromatic carbocycles. The zero-order chi connectivity index (χ0) is 17.9. The molecule has 0 radical (unpaired) electrons. The molecular formula is C20H20N4O2. The molecule has 1 fully saturated rings. The molecule has 132 valence electrons. The second-order valence-corrected chi connectivity index (χ2v) is 6.52. The van der Waals surface area contributed by atoms with Crippen LogP contribution < -0.4 is 10.6 Å². The minimum Gasteiger partial charge on any atom is -0.361 e. The van der Waals surface area contributed by atoms with Crippen LogP contribution in [0.15, 0.2) is 48.7 Å². The van der Waals surface area contributed by atoms with E-state index in [0.717, 1.165) is 30.3 Å². The molecule has 6 nitrogen and oxygen atoms in total. The van der Waals surface area contributed by atoms with E-state index < -0.39 is 0 Å². The molecule has 2 amide bonds. The van der Waals surface area contributed by atoms with Gasteiger partial charge >= 0.3 is 0 Å². The fraction of sp³-hybridized carbons (Fsp3) is 0.250. The lowest BCUT2D eigenvalue weighted by Crippen LogP contribution is -2.29. The van der Waals surface area contributed by atoms with Crippen molar-refractivity contribution in [3.63, 3.8) is 0 Å². The number of benzene rings is 1. The zero-order valence-corrected chi connectivity index (χ0v) is 14.3. The Morgan fingerprint density at radius 1 is 1.04 bits per heavy atom. The summed E-state index contributed by atoms with van der Waals surface area (Å²) in [6, 6.07) is 13.3. The number of fused-ring (bicyclic) bond motifs is 1. The molecule has 0 bridgehead atoms. The number of hydrogen-bond acceptors (Lipinski definition) is 3. The van der Waals surface area contributed by atoms with Crippen LogP contribution in [0.1, 0.15) is 39.4 Å². The van der Waals surface area contributed by atoms with E-state index in [-0.39, 0.29) is 29.2 Å². The lowest BCUT2D eigenvalue weighted by molar-refractivity contribution is 0.0943. The number of para-hydroxylation sites is 1. The van der Waals surface area contributed by atoms with Gasteiger partial charge in [0.25, 0.3) is 11.8 Å². The third kappa shape index (κ3) is 3.59. The Hall–Kier alpha value is -3.15. The van der Waals surface area contributed by atoms with Crippen molar-refractivity contribution in [3.05, 3.63) is 65.6 Å². The third-order valence-corrected chi connectivity index (χ3v) is 4.48. The predicted molar refractivity (Wildman–Crippen MR) is 99.1 cm³/mol. The average Bonchev–Trinajstić information content (AvgIpc) is 3.39. The van der Waals surface area contributed by atoms with Gasteiger partial charge in [-0.3, -0.25) is 9.59 Å². The van der Waals surface area contributed by atoms with E-state index in [9.17, 15) is 9.59 Å². The summed E-state index contributed by atoms with van der Waals surface area (Å²) in [5.41, 5.74) is 2.78. The van der Waals surface area contributed by atoms with E-state index in [1.165, 1.54) is 5.39 Å². The molecule has 2 heterocycles. The van der Waals surface area contributed by atoms with Gasteiger partial charge in [0.15, 0.2) is 0 Å². The highest BCUT2D eigenvalue weighted by Gasteiger charge is 2.24. The summed E-state index contributed by atoms with van der Waals surface area (Å²) >= 11 is 0. The Morgan fingerprint density at radius 3 is 2.62 bits per heavy atom. The molecule has 6 heteroatoms. The number of amides is 2. The van der Waals surface area contributed by atoms with Crippen LogP contribution in [-0.2, 0) is 6.42 Å². The molecule has 0 spiro atoms. The first-order valence-corrected chi connectivity index (χ1v) is 8.82. The van der Waals surface area contributed by atoms with Crippen LogP contribution in [0, 0.1) is 0 Å². The third-order valence-electron chi connectivity index (χ3n) is 4.48. The van der Waals surface area contributed by atoms with Gasteiger partial charge in [-0.05, 0) is 43.0 Å². The number of pyridine rings is 1. The van der Waals surface area contributed by atoms with Crippen molar-refractivity contribution in [2.45, 2.75) is 25.3 Å². The van der Waals surface area contributed by atoms with Crippen molar-refractivity contribution < 1.29 is 9.59 Å². The number of aromatic amines is 1. The molecule has 0 saturated heterocycles. The van der Waals surface area contributed by atoms with Crippen molar-refractivity contribution in [2.24, 2.45) is 0 Å². The Balaban J connectivity index is 1.36. The van der Waals surface area contributed by atoms with Crippen molar-refractivity contribution in [2.75, 3.05) is 6.54 Å². The monoisotopic (exact) mass is 348 g/mol. The Kier molecular flexibility index (Phi) is 4.39. The summed E-state index contributed by atoms with van der Waals surface area (Å²) in [6.07, 6.45) is 4.72. The quantitative estimate of drug-likeness (QED) is 0.639. The first-order chi connectivity index (χ1) is 12.7. The molecule has 1 saturated carbocycles. The van der Waals surface area contributed by atoms with Gasteiger partial charge in [0.1, 0.15) is 11.4 Å². The number of aromatic nitrogens is 2. The van der Waals surface area contributed by atoms with Crippen molar-refractivity contribution >= 4 is 22.7 Å². The predicted octanol–water partition coefficient (Wildman–Crippen LogP) is 2.43. The molecular weight excluding hydrogens is 328 g/mol. The standard InChI is InChI=1S/C20H20N4O2/c25-19(17-6-3-7-18(24-17)20(26)23-14-8-9-14)21-11-10-13-12-22-16-5-2-1-4-15(13)16/h1-7,12,14,22H,8-11H2,(H,21,25)(H,23,26). The highest BCUT2D eigenvalue weighted by molar-refractivity contribution is 5.96. The zero-order valence-electron chi connectivity index (χ0n) is 14.3. The van der Waals surface area contributed by atoms with Crippen LogP contribution in [0.4, 0.5) is 0 Å². The van der Waals surface area contributed by atoms with E-state index >= 15 is 0 Å². The molecule has 4 rings (SSSR count). The van der Waals surface area contributed by atoms with Crippen LogP contribution in [0.2, 0.25) is 0 Å². The lowest BCUT2D eigenvalue weighted by Gasteiger charge is -2.07. The van der Waals surface area contributed by atoms with Gasteiger partial charge in [-0.1, -0.05) is 24.3 Å². The van der Waals surface area contributed by atoms with Crippen LogP contribution in [0.3, 0.4) is 0 Å². The van der Waals surface area contributed by atoms with Crippen molar-refractivity contribution in [1.29, 1.82) is 0 Å². The topological polar surface area (TPSA) is 86.9 Å². The molecule has 0 atom stereocenters. The van der Waals surface area contributed by atoms with Crippen LogP contribution in [-0.4, -0.2) is 34.4 Å². The molecule has 0 unspecified atom stereocenters. The van der Waals surface area contributed by atoms with E-state index in [4.69, 9.17) is 0 Å². The Bertz CT molecular complexity index is 959. The summed E-state index contributed by atoms with van der Waals surface area (Å²) in [5, 5.41) is 6.92. The van der Waals surface area contributed by atoms with Crippen LogP contribution in [0.5, 0.6) is 0 Å². The molecule has 3 N–H and O–H groups in total. The Labute approximate surface area is 151 Å². The number of H-pyrrole nitrogens is 1. The largest absolute Gasteiger partial charge is 0.361 e. The summed E-state index contributed by atoms with van der Waals surface area (Å²) in [4.78, 5) is 31.8. The molecule has 0 aliphatic heterocycles. The van der Waals surface area contributed by atoms with Gasteiger partial charge in [0, 0.05) is 29.7 Å². The summed E-state index contributed by atoms with van der Waals surface area (Å²) in [6.45, 7) is 0.501. The van der Waals surface area contributed by atoms with E-state index in [1.807, 2.05) is 24.4 Å². The molecule has 2 aromatic heterocycles. The van der Waals surface area contributed by atoms with E-state index in [0.29, 0.717) is 6.54 Å². The van der Waals surface area contributed by atoms with Gasteiger partial charge in [-0.2, -0.15) is 0 Å². The summed E-state index contributed by atoms with van der Waals surface area (Å²) < 4.78 is 0. The number of carbonyl (C=O) groups excluding carboxylic acids is 2. The van der Waals surface area contributed by atoms with Crippen molar-refractivity contribution in [1.82, 2.24) is 20.6 Å². The molecule has 3 aromatic rings. The highest BCUT2D eigenvalue weighted by atomic mass is 16.2. The van der Waals surface area contributed by atoms with Gasteiger partial charge in [0.05, 0.1) is 0 Å². The minimum atomic E-state index is -0.272. The first kappa shape index (κ1) is 16.3. The highest BCUT2D eigenvalue weighted by Crippen LogP contribution is 2.19. The molecule has 1 aliphatic carbocycles. The number of carbonyl (C=O) groups is 2. The SMILES string of the molecule is O=C(NCCc1c[nH]c2ccccc12)c1cccc(C(=O)NC2CC2)n1. The van der Waals surface area contributed by atoms with Crippen LogP contribution in [0.25, 0.3) is 10.9 Å². The molecule has 1 aliphatic rings. The summed E-state index contributed by atoms with van der Waals surface area (Å²) in [7, 11) is 0. The smallest absolute Gasteiger partial charge is 0.270 e. The maximum atomic E-state index is 12.3. The van der Waals surface area contributed by atoms with Crippen molar-refractivity contribution in [3.8, 4) is 0 Å². The Morgan fingerprint density at radius 2 is 1.81 bits per heavy atom. The average molecular weight is 348 g/mol.